The lowest BCUT2D eigenvalue weighted by Gasteiger charge is -2.24. The van der Waals surface area contributed by atoms with Crippen LogP contribution in [0.5, 0.6) is 0 Å². The largest absolute Gasteiger partial charge is 0.434 e. The van der Waals surface area contributed by atoms with Crippen molar-refractivity contribution in [3.05, 3.63) is 58.9 Å². The Hall–Kier alpha value is -2.47. The number of alkyl halides is 3. The molecule has 0 spiro atoms. The molecular formula is C18H17ClF3N5O2S. The Morgan fingerprint density at radius 2 is 2.07 bits per heavy atom. The minimum Gasteiger partial charge on any atom is -0.371 e. The second kappa shape index (κ2) is 9.13. The third-order valence-electron chi connectivity index (χ3n) is 4.29. The maximum Gasteiger partial charge on any atom is 0.434 e. The van der Waals surface area contributed by atoms with Crippen LogP contribution in [0.25, 0.3) is 5.13 Å². The topological polar surface area (TPSA) is 81.1 Å². The molecular weight excluding hydrogens is 443 g/mol. The average molecular weight is 460 g/mol. The van der Waals surface area contributed by atoms with Crippen molar-refractivity contribution in [3.8, 4) is 5.13 Å². The predicted octanol–water partition coefficient (Wildman–Crippen LogP) is 3.68. The van der Waals surface area contributed by atoms with E-state index in [4.69, 9.17) is 4.74 Å². The molecule has 0 aliphatic carbocycles. The van der Waals surface area contributed by atoms with E-state index in [1.165, 1.54) is 12.4 Å². The van der Waals surface area contributed by atoms with E-state index in [2.05, 4.69) is 20.7 Å². The summed E-state index contributed by atoms with van der Waals surface area (Å²) in [5.74, 6) is -0.424. The summed E-state index contributed by atoms with van der Waals surface area (Å²) in [4.78, 5) is 15.9. The van der Waals surface area contributed by atoms with Gasteiger partial charge in [0.25, 0.3) is 5.91 Å². The summed E-state index contributed by atoms with van der Waals surface area (Å²) in [7, 11) is 0. The van der Waals surface area contributed by atoms with Crippen molar-refractivity contribution in [1.29, 1.82) is 0 Å². The molecule has 1 fully saturated rings. The molecule has 1 aromatic carbocycles. The molecule has 0 bridgehead atoms. The number of morpholine rings is 1. The lowest BCUT2D eigenvalue weighted by molar-refractivity contribution is -0.140. The van der Waals surface area contributed by atoms with Gasteiger partial charge in [-0.25, -0.2) is 9.67 Å². The maximum atomic E-state index is 12.7. The molecule has 0 radical (unpaired) electrons. The summed E-state index contributed by atoms with van der Waals surface area (Å²) in [6.45, 7) is 2.21. The van der Waals surface area contributed by atoms with Crippen LogP contribution in [0.15, 0.2) is 42.0 Å². The second-order valence-corrected chi connectivity index (χ2v) is 7.16. The van der Waals surface area contributed by atoms with Crippen molar-refractivity contribution in [2.75, 3.05) is 25.0 Å². The smallest absolute Gasteiger partial charge is 0.371 e. The standard InChI is InChI=1S/C18H16F3N5O2S.ClH/c19-18(20,21)15-10-29-17(25-15)26-9-12(7-23-26)16(27)24-13-3-1-11(2-4-13)14-8-22-5-6-28-14;/h1-4,7,9-10,14,22H,5-6,8H2,(H,24,27);1H/t14-;/m1./s1. The zero-order valence-corrected chi connectivity index (χ0v) is 17.0. The van der Waals surface area contributed by atoms with Crippen LogP contribution in [0, 0.1) is 0 Å². The van der Waals surface area contributed by atoms with E-state index in [0.29, 0.717) is 12.3 Å². The van der Waals surface area contributed by atoms with E-state index in [1.807, 2.05) is 12.1 Å². The Morgan fingerprint density at radius 3 is 2.70 bits per heavy atom. The molecule has 30 heavy (non-hydrogen) atoms. The van der Waals surface area contributed by atoms with Crippen LogP contribution in [0.1, 0.15) is 27.7 Å². The number of hydrogen-bond acceptors (Lipinski definition) is 6. The van der Waals surface area contributed by atoms with Crippen LogP contribution >= 0.6 is 23.7 Å². The molecule has 2 aromatic heterocycles. The molecule has 1 aliphatic heterocycles. The number of thiazole rings is 1. The quantitative estimate of drug-likeness (QED) is 0.622. The van der Waals surface area contributed by atoms with Crippen molar-refractivity contribution in [3.63, 3.8) is 0 Å². The average Bonchev–Trinajstić information content (AvgIpc) is 3.39. The fraction of sp³-hybridized carbons (Fsp3) is 0.278. The van der Waals surface area contributed by atoms with E-state index in [0.717, 1.165) is 40.1 Å². The molecule has 1 saturated heterocycles. The van der Waals surface area contributed by atoms with Crippen molar-refractivity contribution < 1.29 is 22.7 Å². The highest BCUT2D eigenvalue weighted by molar-refractivity contribution is 7.12. The first-order valence-corrected chi connectivity index (χ1v) is 9.59. The Labute approximate surface area is 179 Å². The number of rotatable bonds is 4. The number of benzene rings is 1. The number of carbonyl (C=O) groups is 1. The summed E-state index contributed by atoms with van der Waals surface area (Å²) in [5.41, 5.74) is 0.810. The van der Waals surface area contributed by atoms with Crippen LogP contribution in [0.4, 0.5) is 18.9 Å². The van der Waals surface area contributed by atoms with E-state index < -0.39 is 17.8 Å². The van der Waals surface area contributed by atoms with Gasteiger partial charge in [-0.15, -0.1) is 23.7 Å². The highest BCUT2D eigenvalue weighted by Gasteiger charge is 2.34. The Morgan fingerprint density at radius 1 is 1.30 bits per heavy atom. The van der Waals surface area contributed by atoms with Gasteiger partial charge in [0.2, 0.25) is 5.13 Å². The van der Waals surface area contributed by atoms with Gasteiger partial charge in [-0.1, -0.05) is 12.1 Å². The molecule has 0 unspecified atom stereocenters. The van der Waals surface area contributed by atoms with Gasteiger partial charge in [0.15, 0.2) is 5.69 Å². The Kier molecular flexibility index (Phi) is 6.76. The van der Waals surface area contributed by atoms with Gasteiger partial charge in [0, 0.05) is 30.4 Å². The molecule has 1 amide bonds. The zero-order chi connectivity index (χ0) is 20.4. The molecule has 4 rings (SSSR count). The number of amides is 1. The first-order chi connectivity index (χ1) is 13.9. The van der Waals surface area contributed by atoms with Crippen LogP contribution in [0.2, 0.25) is 0 Å². The van der Waals surface area contributed by atoms with Gasteiger partial charge >= 0.3 is 6.18 Å². The molecule has 7 nitrogen and oxygen atoms in total. The van der Waals surface area contributed by atoms with Gasteiger partial charge in [0.1, 0.15) is 0 Å². The number of hydrogen-bond donors (Lipinski definition) is 2. The molecule has 3 aromatic rings. The zero-order valence-electron chi connectivity index (χ0n) is 15.3. The highest BCUT2D eigenvalue weighted by atomic mass is 35.5. The number of aromatic nitrogens is 3. The lowest BCUT2D eigenvalue weighted by atomic mass is 10.1. The predicted molar refractivity (Wildman–Crippen MR) is 107 cm³/mol. The summed E-state index contributed by atoms with van der Waals surface area (Å²) in [6, 6.07) is 7.30. The van der Waals surface area contributed by atoms with Crippen LogP contribution in [-0.4, -0.2) is 40.4 Å². The fourth-order valence-corrected chi connectivity index (χ4v) is 3.57. The Bertz CT molecular complexity index is 1000. The minimum atomic E-state index is -4.52. The number of halogens is 4. The lowest BCUT2D eigenvalue weighted by Crippen LogP contribution is -2.33. The molecule has 160 valence electrons. The van der Waals surface area contributed by atoms with Crippen LogP contribution < -0.4 is 10.6 Å². The van der Waals surface area contributed by atoms with Gasteiger partial charge in [-0.3, -0.25) is 4.79 Å². The first kappa shape index (κ1) is 22.2. The number of nitrogens with one attached hydrogen (secondary N) is 2. The van der Waals surface area contributed by atoms with Crippen molar-refractivity contribution >= 4 is 35.3 Å². The molecule has 12 heteroatoms. The van der Waals surface area contributed by atoms with Gasteiger partial charge in [-0.2, -0.15) is 18.3 Å². The number of nitrogens with zero attached hydrogens (tertiary/aromatic N) is 3. The maximum absolute atomic E-state index is 12.7. The fourth-order valence-electron chi connectivity index (χ4n) is 2.81. The summed E-state index contributed by atoms with van der Waals surface area (Å²) < 4.78 is 44.9. The number of ether oxygens (including phenoxy) is 1. The van der Waals surface area contributed by atoms with Crippen molar-refractivity contribution in [1.82, 2.24) is 20.1 Å². The van der Waals surface area contributed by atoms with Gasteiger partial charge in [-0.05, 0) is 17.7 Å². The SMILES string of the molecule is Cl.O=C(Nc1ccc([C@H]2CNCCO2)cc1)c1cnn(-c2nc(C(F)(F)F)cs2)c1. The third kappa shape index (κ3) is 4.98. The second-order valence-electron chi connectivity index (χ2n) is 6.33. The molecule has 1 atom stereocenters. The van der Waals surface area contributed by atoms with E-state index in [1.54, 1.807) is 12.1 Å². The Balaban J connectivity index is 0.00000256. The van der Waals surface area contributed by atoms with Crippen molar-refractivity contribution in [2.24, 2.45) is 0 Å². The summed E-state index contributed by atoms with van der Waals surface area (Å²) in [6.07, 6.45) is -1.93. The molecule has 3 heterocycles. The van der Waals surface area contributed by atoms with Crippen LogP contribution in [0.3, 0.4) is 0 Å². The monoisotopic (exact) mass is 459 g/mol. The summed E-state index contributed by atoms with van der Waals surface area (Å²) >= 11 is 0.794. The van der Waals surface area contributed by atoms with Crippen molar-refractivity contribution in [2.45, 2.75) is 12.3 Å². The number of carbonyl (C=O) groups excluding carboxylic acids is 1. The molecule has 1 aliphatic rings. The minimum absolute atomic E-state index is 0. The number of anilines is 1. The normalized spacial score (nSPS) is 16.7. The molecule has 2 N–H and O–H groups in total. The van der Waals surface area contributed by atoms with Gasteiger partial charge in [0.05, 0.1) is 24.5 Å². The summed E-state index contributed by atoms with van der Waals surface area (Å²) in [5, 5.41) is 10.9. The third-order valence-corrected chi connectivity index (χ3v) is 5.12. The van der Waals surface area contributed by atoms with E-state index >= 15 is 0 Å². The van der Waals surface area contributed by atoms with Crippen LogP contribution in [-0.2, 0) is 10.9 Å². The highest BCUT2D eigenvalue weighted by Crippen LogP contribution is 2.31. The van der Waals surface area contributed by atoms with E-state index in [-0.39, 0.29) is 29.2 Å². The van der Waals surface area contributed by atoms with E-state index in [9.17, 15) is 18.0 Å². The first-order valence-electron chi connectivity index (χ1n) is 8.71. The van der Waals surface area contributed by atoms with Gasteiger partial charge < -0.3 is 15.4 Å². The molecule has 0 saturated carbocycles.